The monoisotopic (exact) mass is 385 g/mol. The van der Waals surface area contributed by atoms with Crippen LogP contribution in [0.2, 0.25) is 0 Å². The second-order valence-electron chi connectivity index (χ2n) is 7.03. The molecule has 0 aliphatic carbocycles. The third kappa shape index (κ3) is 4.46. The SMILES string of the molecule is Cc1ccc(-c2cc(Cc3ccc(COc4ccccn4)cc3)c(C)o2)c(N)n1. The molecule has 0 fully saturated rings. The van der Waals surface area contributed by atoms with Crippen LogP contribution in [0.3, 0.4) is 0 Å². The Morgan fingerprint density at radius 1 is 0.966 bits per heavy atom. The van der Waals surface area contributed by atoms with E-state index < -0.39 is 0 Å². The lowest BCUT2D eigenvalue weighted by atomic mass is 10.0. The summed E-state index contributed by atoms with van der Waals surface area (Å²) in [5, 5.41) is 0. The normalized spacial score (nSPS) is 10.8. The molecule has 4 rings (SSSR count). The van der Waals surface area contributed by atoms with Crippen molar-refractivity contribution in [1.29, 1.82) is 0 Å². The Hall–Kier alpha value is -3.60. The first-order valence-corrected chi connectivity index (χ1v) is 9.53. The summed E-state index contributed by atoms with van der Waals surface area (Å²) in [5.41, 5.74) is 11.2. The van der Waals surface area contributed by atoms with Gasteiger partial charge in [0.05, 0.1) is 5.56 Å². The highest BCUT2D eigenvalue weighted by Crippen LogP contribution is 2.30. The fourth-order valence-corrected chi connectivity index (χ4v) is 3.18. The Morgan fingerprint density at radius 3 is 2.48 bits per heavy atom. The first-order valence-electron chi connectivity index (χ1n) is 9.53. The van der Waals surface area contributed by atoms with Gasteiger partial charge < -0.3 is 14.9 Å². The van der Waals surface area contributed by atoms with Crippen molar-refractivity contribution < 1.29 is 9.15 Å². The molecule has 5 heteroatoms. The molecule has 2 N–H and O–H groups in total. The van der Waals surface area contributed by atoms with Crippen LogP contribution in [-0.4, -0.2) is 9.97 Å². The zero-order valence-electron chi connectivity index (χ0n) is 16.6. The molecular weight excluding hydrogens is 362 g/mol. The van der Waals surface area contributed by atoms with Crippen LogP contribution >= 0.6 is 0 Å². The molecule has 0 bridgehead atoms. The quantitative estimate of drug-likeness (QED) is 0.499. The summed E-state index contributed by atoms with van der Waals surface area (Å²) in [6.07, 6.45) is 2.51. The van der Waals surface area contributed by atoms with E-state index in [9.17, 15) is 0 Å². The first kappa shape index (κ1) is 18.7. The number of benzene rings is 1. The van der Waals surface area contributed by atoms with E-state index >= 15 is 0 Å². The average molecular weight is 385 g/mol. The molecule has 146 valence electrons. The smallest absolute Gasteiger partial charge is 0.213 e. The molecule has 3 aromatic heterocycles. The van der Waals surface area contributed by atoms with Gasteiger partial charge in [-0.1, -0.05) is 30.3 Å². The van der Waals surface area contributed by atoms with Crippen LogP contribution in [0.4, 0.5) is 5.82 Å². The van der Waals surface area contributed by atoms with Crippen molar-refractivity contribution in [2.45, 2.75) is 26.9 Å². The fourth-order valence-electron chi connectivity index (χ4n) is 3.18. The van der Waals surface area contributed by atoms with Crippen LogP contribution in [0.25, 0.3) is 11.3 Å². The number of ether oxygens (including phenoxy) is 1. The summed E-state index contributed by atoms with van der Waals surface area (Å²) in [4.78, 5) is 8.49. The minimum Gasteiger partial charge on any atom is -0.473 e. The standard InChI is InChI=1S/C24H23N3O2/c1-16-6-11-21(24(25)27-16)22-14-20(17(2)29-22)13-18-7-9-19(10-8-18)15-28-23-5-3-4-12-26-23/h3-12,14H,13,15H2,1-2H3,(H2,25,27). The number of anilines is 1. The van der Waals surface area contributed by atoms with E-state index in [1.807, 2.05) is 44.2 Å². The predicted molar refractivity (Wildman–Crippen MR) is 114 cm³/mol. The summed E-state index contributed by atoms with van der Waals surface area (Å²) < 4.78 is 11.7. The lowest BCUT2D eigenvalue weighted by Crippen LogP contribution is -1.97. The highest BCUT2D eigenvalue weighted by molar-refractivity contribution is 5.70. The number of aryl methyl sites for hydroxylation is 2. The minimum atomic E-state index is 0.488. The van der Waals surface area contributed by atoms with E-state index in [-0.39, 0.29) is 0 Å². The zero-order chi connectivity index (χ0) is 20.2. The lowest BCUT2D eigenvalue weighted by Gasteiger charge is -2.06. The molecule has 5 nitrogen and oxygen atoms in total. The summed E-state index contributed by atoms with van der Waals surface area (Å²) in [6.45, 7) is 4.39. The van der Waals surface area contributed by atoms with Gasteiger partial charge in [0.1, 0.15) is 23.9 Å². The van der Waals surface area contributed by atoms with Crippen LogP contribution in [0.5, 0.6) is 5.88 Å². The average Bonchev–Trinajstić information content (AvgIpc) is 3.08. The molecular formula is C24H23N3O2. The Kier molecular flexibility index (Phi) is 5.29. The number of furan rings is 1. The molecule has 29 heavy (non-hydrogen) atoms. The molecule has 0 aliphatic heterocycles. The Balaban J connectivity index is 1.45. The fraction of sp³-hybridized carbons (Fsp3) is 0.167. The molecule has 0 saturated carbocycles. The number of nitrogens with two attached hydrogens (primary N) is 1. The predicted octanol–water partition coefficient (Wildman–Crippen LogP) is 5.11. The van der Waals surface area contributed by atoms with Crippen LogP contribution in [0.1, 0.15) is 28.1 Å². The molecule has 0 saturated heterocycles. The van der Waals surface area contributed by atoms with E-state index in [0.717, 1.165) is 40.3 Å². The van der Waals surface area contributed by atoms with Gasteiger partial charge in [-0.25, -0.2) is 9.97 Å². The molecule has 0 atom stereocenters. The van der Waals surface area contributed by atoms with Gasteiger partial charge in [0.2, 0.25) is 5.88 Å². The molecule has 1 aromatic carbocycles. The molecule has 0 aliphatic rings. The lowest BCUT2D eigenvalue weighted by molar-refractivity contribution is 0.294. The van der Waals surface area contributed by atoms with Crippen LogP contribution in [0, 0.1) is 13.8 Å². The third-order valence-electron chi connectivity index (χ3n) is 4.79. The van der Waals surface area contributed by atoms with Gasteiger partial charge >= 0.3 is 0 Å². The maximum absolute atomic E-state index is 6.07. The third-order valence-corrected chi connectivity index (χ3v) is 4.79. The van der Waals surface area contributed by atoms with E-state index in [1.165, 1.54) is 5.56 Å². The highest BCUT2D eigenvalue weighted by atomic mass is 16.5. The van der Waals surface area contributed by atoms with Crippen molar-refractivity contribution in [2.75, 3.05) is 5.73 Å². The van der Waals surface area contributed by atoms with Crippen molar-refractivity contribution in [3.63, 3.8) is 0 Å². The number of pyridine rings is 2. The summed E-state index contributed by atoms with van der Waals surface area (Å²) in [7, 11) is 0. The van der Waals surface area contributed by atoms with Crippen LogP contribution in [-0.2, 0) is 13.0 Å². The van der Waals surface area contributed by atoms with Crippen LogP contribution < -0.4 is 10.5 Å². The number of rotatable bonds is 6. The van der Waals surface area contributed by atoms with Crippen molar-refractivity contribution >= 4 is 5.82 Å². The Morgan fingerprint density at radius 2 is 1.76 bits per heavy atom. The van der Waals surface area contributed by atoms with Gasteiger partial charge in [-0.2, -0.15) is 0 Å². The summed E-state index contributed by atoms with van der Waals surface area (Å²) in [6, 6.07) is 20.0. The summed E-state index contributed by atoms with van der Waals surface area (Å²) in [5.74, 6) is 2.76. The minimum absolute atomic E-state index is 0.488. The van der Waals surface area contributed by atoms with E-state index in [4.69, 9.17) is 14.9 Å². The van der Waals surface area contributed by atoms with Gasteiger partial charge in [0.15, 0.2) is 0 Å². The molecule has 0 amide bonds. The van der Waals surface area contributed by atoms with Gasteiger partial charge in [-0.05, 0) is 54.8 Å². The van der Waals surface area contributed by atoms with Gasteiger partial charge in [0.25, 0.3) is 0 Å². The number of hydrogen-bond acceptors (Lipinski definition) is 5. The first-order chi connectivity index (χ1) is 14.1. The van der Waals surface area contributed by atoms with Crippen molar-refractivity contribution in [3.05, 3.63) is 95.0 Å². The number of nitrogen functional groups attached to an aromatic ring is 1. The van der Waals surface area contributed by atoms with Crippen molar-refractivity contribution in [2.24, 2.45) is 0 Å². The maximum Gasteiger partial charge on any atom is 0.213 e. The Labute approximate surface area is 170 Å². The topological polar surface area (TPSA) is 74.2 Å². The van der Waals surface area contributed by atoms with Gasteiger partial charge in [-0.3, -0.25) is 0 Å². The Bertz CT molecular complexity index is 1100. The zero-order valence-corrected chi connectivity index (χ0v) is 16.6. The largest absolute Gasteiger partial charge is 0.473 e. The molecule has 4 aromatic rings. The summed E-state index contributed by atoms with van der Waals surface area (Å²) >= 11 is 0. The van der Waals surface area contributed by atoms with Crippen molar-refractivity contribution in [1.82, 2.24) is 9.97 Å². The molecule has 3 heterocycles. The van der Waals surface area contributed by atoms with Gasteiger partial charge in [0, 0.05) is 24.4 Å². The number of hydrogen-bond donors (Lipinski definition) is 1. The van der Waals surface area contributed by atoms with E-state index in [0.29, 0.717) is 18.3 Å². The molecule has 0 unspecified atom stereocenters. The molecule has 0 spiro atoms. The van der Waals surface area contributed by atoms with Crippen LogP contribution in [0.15, 0.2) is 71.3 Å². The van der Waals surface area contributed by atoms with E-state index in [2.05, 4.69) is 40.3 Å². The maximum atomic E-state index is 6.07. The second-order valence-corrected chi connectivity index (χ2v) is 7.03. The van der Waals surface area contributed by atoms with E-state index in [1.54, 1.807) is 6.20 Å². The number of aromatic nitrogens is 2. The number of nitrogens with zero attached hydrogens (tertiary/aromatic N) is 2. The van der Waals surface area contributed by atoms with Crippen molar-refractivity contribution in [3.8, 4) is 17.2 Å². The highest BCUT2D eigenvalue weighted by Gasteiger charge is 2.13. The second kappa shape index (κ2) is 8.19. The molecule has 0 radical (unpaired) electrons. The van der Waals surface area contributed by atoms with Gasteiger partial charge in [-0.15, -0.1) is 0 Å².